The average Bonchev–Trinajstić information content (AvgIpc) is 2.73. The Bertz CT molecular complexity index is 684. The highest BCUT2D eigenvalue weighted by molar-refractivity contribution is 8.01. The summed E-state index contributed by atoms with van der Waals surface area (Å²) in [5.74, 6) is 0.705. The summed E-state index contributed by atoms with van der Waals surface area (Å²) in [7, 11) is -3.50. The van der Waals surface area contributed by atoms with Crippen molar-refractivity contribution in [3.8, 4) is 0 Å². The third-order valence-corrected chi connectivity index (χ3v) is 4.73. The molecule has 0 fully saturated rings. The Labute approximate surface area is 121 Å². The maximum atomic E-state index is 11.8. The fraction of sp³-hybridized carbons (Fsp3) is 0.273. The molecule has 1 heterocycles. The number of nitrogens with one attached hydrogen (secondary N) is 1. The first-order valence-electron chi connectivity index (χ1n) is 5.74. The van der Waals surface area contributed by atoms with E-state index in [1.807, 2.05) is 12.1 Å². The smallest absolute Gasteiger partial charge is 0.335 e. The summed E-state index contributed by atoms with van der Waals surface area (Å²) >= 11 is 1.41. The van der Waals surface area contributed by atoms with E-state index in [0.29, 0.717) is 17.3 Å². The van der Waals surface area contributed by atoms with Crippen molar-refractivity contribution in [3.63, 3.8) is 0 Å². The van der Waals surface area contributed by atoms with Crippen molar-refractivity contribution in [2.75, 3.05) is 22.0 Å². The number of thioether (sulfide) groups is 1. The largest absolute Gasteiger partial charge is 0.399 e. The van der Waals surface area contributed by atoms with Crippen molar-refractivity contribution < 1.29 is 12.9 Å². The Kier molecular flexibility index (Phi) is 4.50. The summed E-state index contributed by atoms with van der Waals surface area (Å²) in [6.07, 6.45) is 0. The standard InChI is InChI=1S/C11H14N4O3S2/c1-8-13-11(18-14-8)15-20(16,17)6-5-19-10-4-2-3-9(12)7-10/h2-4,7H,5-6,12H2,1H3,(H,13,14,15). The molecule has 3 N–H and O–H groups in total. The van der Waals surface area contributed by atoms with E-state index in [9.17, 15) is 8.42 Å². The first-order valence-corrected chi connectivity index (χ1v) is 8.37. The minimum atomic E-state index is -3.50. The van der Waals surface area contributed by atoms with E-state index in [-0.39, 0.29) is 11.8 Å². The Morgan fingerprint density at radius 2 is 2.25 bits per heavy atom. The summed E-state index contributed by atoms with van der Waals surface area (Å²) in [5, 5.41) is 3.51. The zero-order valence-corrected chi connectivity index (χ0v) is 12.4. The number of nitrogens with two attached hydrogens (primary N) is 1. The van der Waals surface area contributed by atoms with Crippen LogP contribution >= 0.6 is 11.8 Å². The third kappa shape index (κ3) is 4.42. The summed E-state index contributed by atoms with van der Waals surface area (Å²) in [6, 6.07) is 7.16. The number of aryl methyl sites for hydroxylation is 1. The lowest BCUT2D eigenvalue weighted by atomic mass is 10.3. The summed E-state index contributed by atoms with van der Waals surface area (Å²) in [6.45, 7) is 1.61. The quantitative estimate of drug-likeness (QED) is 0.613. The van der Waals surface area contributed by atoms with Gasteiger partial charge in [-0.1, -0.05) is 11.2 Å². The number of nitrogen functional groups attached to an aromatic ring is 1. The lowest BCUT2D eigenvalue weighted by molar-refractivity contribution is 0.429. The molecule has 1 aromatic carbocycles. The van der Waals surface area contributed by atoms with Gasteiger partial charge in [-0.25, -0.2) is 13.1 Å². The molecule has 0 aliphatic heterocycles. The van der Waals surface area contributed by atoms with Crippen molar-refractivity contribution in [1.29, 1.82) is 0 Å². The number of benzene rings is 1. The van der Waals surface area contributed by atoms with Crippen LogP contribution in [0.5, 0.6) is 0 Å². The third-order valence-electron chi connectivity index (χ3n) is 2.25. The molecule has 0 spiro atoms. The van der Waals surface area contributed by atoms with E-state index in [1.54, 1.807) is 19.1 Å². The van der Waals surface area contributed by atoms with Crippen molar-refractivity contribution in [3.05, 3.63) is 30.1 Å². The van der Waals surface area contributed by atoms with Gasteiger partial charge in [-0.05, 0) is 25.1 Å². The van der Waals surface area contributed by atoms with Gasteiger partial charge in [0, 0.05) is 16.3 Å². The topological polar surface area (TPSA) is 111 Å². The fourth-order valence-electron chi connectivity index (χ4n) is 1.40. The van der Waals surface area contributed by atoms with Gasteiger partial charge in [-0.3, -0.25) is 0 Å². The van der Waals surface area contributed by atoms with Gasteiger partial charge >= 0.3 is 6.01 Å². The molecule has 0 atom stereocenters. The van der Waals surface area contributed by atoms with Gasteiger partial charge in [0.05, 0.1) is 5.75 Å². The number of hydrogen-bond donors (Lipinski definition) is 2. The van der Waals surface area contributed by atoms with Crippen LogP contribution < -0.4 is 10.5 Å². The number of aromatic nitrogens is 2. The molecule has 108 valence electrons. The normalized spacial score (nSPS) is 11.4. The van der Waals surface area contributed by atoms with E-state index in [2.05, 4.69) is 14.9 Å². The van der Waals surface area contributed by atoms with E-state index < -0.39 is 10.0 Å². The van der Waals surface area contributed by atoms with Crippen LogP contribution in [0.15, 0.2) is 33.7 Å². The molecule has 7 nitrogen and oxygen atoms in total. The second-order valence-electron chi connectivity index (χ2n) is 3.99. The molecular weight excluding hydrogens is 300 g/mol. The molecule has 0 saturated heterocycles. The SMILES string of the molecule is Cc1noc(NS(=O)(=O)CCSc2cccc(N)c2)n1. The lowest BCUT2D eigenvalue weighted by Gasteiger charge is -2.04. The van der Waals surface area contributed by atoms with Crippen LogP contribution in [0.1, 0.15) is 5.82 Å². The van der Waals surface area contributed by atoms with Gasteiger partial charge in [0.1, 0.15) is 0 Å². The molecule has 0 unspecified atom stereocenters. The highest BCUT2D eigenvalue weighted by atomic mass is 32.2. The van der Waals surface area contributed by atoms with Crippen molar-refractivity contribution in [2.45, 2.75) is 11.8 Å². The molecule has 1 aromatic heterocycles. The number of hydrogen-bond acceptors (Lipinski definition) is 7. The molecule has 0 saturated carbocycles. The van der Waals surface area contributed by atoms with Gasteiger partial charge in [-0.2, -0.15) is 4.98 Å². The molecule has 0 radical (unpaired) electrons. The predicted molar refractivity (Wildman–Crippen MR) is 78.0 cm³/mol. The number of nitrogens with zero attached hydrogens (tertiary/aromatic N) is 2. The second kappa shape index (κ2) is 6.14. The van der Waals surface area contributed by atoms with Crippen LogP contribution in [0.3, 0.4) is 0 Å². The Morgan fingerprint density at radius 1 is 1.45 bits per heavy atom. The minimum absolute atomic E-state index is 0.0616. The minimum Gasteiger partial charge on any atom is -0.399 e. The Morgan fingerprint density at radius 3 is 2.90 bits per heavy atom. The van der Waals surface area contributed by atoms with E-state index in [4.69, 9.17) is 10.3 Å². The first kappa shape index (κ1) is 14.7. The van der Waals surface area contributed by atoms with Crippen LogP contribution in [-0.2, 0) is 10.0 Å². The zero-order chi connectivity index (χ0) is 14.6. The fourth-order valence-corrected chi connectivity index (χ4v) is 3.69. The monoisotopic (exact) mass is 314 g/mol. The lowest BCUT2D eigenvalue weighted by Crippen LogP contribution is -2.18. The number of anilines is 2. The van der Waals surface area contributed by atoms with Crippen LogP contribution in [0.4, 0.5) is 11.7 Å². The zero-order valence-electron chi connectivity index (χ0n) is 10.7. The maximum Gasteiger partial charge on any atom is 0.335 e. The van der Waals surface area contributed by atoms with Crippen LogP contribution in [0, 0.1) is 6.92 Å². The van der Waals surface area contributed by atoms with E-state index in [1.165, 1.54) is 11.8 Å². The van der Waals surface area contributed by atoms with Gasteiger partial charge in [-0.15, -0.1) is 11.8 Å². The molecule has 9 heteroatoms. The van der Waals surface area contributed by atoms with Gasteiger partial charge in [0.15, 0.2) is 5.82 Å². The molecule has 0 amide bonds. The molecular formula is C11H14N4O3S2. The summed E-state index contributed by atoms with van der Waals surface area (Å²) in [4.78, 5) is 4.71. The number of rotatable bonds is 6. The predicted octanol–water partition coefficient (Wildman–Crippen LogP) is 1.49. The number of sulfonamides is 1. The molecule has 2 rings (SSSR count). The summed E-state index contributed by atoms with van der Waals surface area (Å²) in [5.41, 5.74) is 6.30. The van der Waals surface area contributed by atoms with Crippen LogP contribution in [-0.4, -0.2) is 30.1 Å². The second-order valence-corrected chi connectivity index (χ2v) is 7.00. The average molecular weight is 314 g/mol. The highest BCUT2D eigenvalue weighted by Crippen LogP contribution is 2.20. The van der Waals surface area contributed by atoms with Gasteiger partial charge in [0.2, 0.25) is 10.0 Å². The Hall–Kier alpha value is -1.74. The van der Waals surface area contributed by atoms with E-state index in [0.717, 1.165) is 4.90 Å². The Balaban J connectivity index is 1.86. The van der Waals surface area contributed by atoms with E-state index >= 15 is 0 Å². The van der Waals surface area contributed by atoms with Gasteiger partial charge in [0.25, 0.3) is 0 Å². The van der Waals surface area contributed by atoms with Crippen LogP contribution in [0.25, 0.3) is 0 Å². The molecule has 0 bridgehead atoms. The molecule has 0 aliphatic carbocycles. The molecule has 2 aromatic rings. The van der Waals surface area contributed by atoms with Crippen molar-refractivity contribution in [2.24, 2.45) is 0 Å². The van der Waals surface area contributed by atoms with Crippen molar-refractivity contribution in [1.82, 2.24) is 10.1 Å². The summed E-state index contributed by atoms with van der Waals surface area (Å²) < 4.78 is 30.5. The van der Waals surface area contributed by atoms with Gasteiger partial charge < -0.3 is 10.3 Å². The highest BCUT2D eigenvalue weighted by Gasteiger charge is 2.14. The first-order chi connectivity index (χ1) is 9.44. The van der Waals surface area contributed by atoms with Crippen molar-refractivity contribution >= 4 is 33.5 Å². The molecule has 0 aliphatic rings. The van der Waals surface area contributed by atoms with Crippen LogP contribution in [0.2, 0.25) is 0 Å². The molecule has 20 heavy (non-hydrogen) atoms. The maximum absolute atomic E-state index is 11.8.